The first-order valence-electron chi connectivity index (χ1n) is 4.20. The topological polar surface area (TPSA) is 0 Å². The maximum atomic E-state index is 13.3. The zero-order valence-electron chi connectivity index (χ0n) is 7.30. The van der Waals surface area contributed by atoms with Gasteiger partial charge in [0.05, 0.1) is 5.56 Å². The Balaban J connectivity index is 2.63. The van der Waals surface area contributed by atoms with Crippen LogP contribution in [0.15, 0.2) is 42.5 Å². The predicted molar refractivity (Wildman–Crippen MR) is 50.6 cm³/mol. The van der Waals surface area contributed by atoms with Crippen molar-refractivity contribution in [3.8, 4) is 11.1 Å². The van der Waals surface area contributed by atoms with Crippen LogP contribution >= 0.6 is 0 Å². The van der Waals surface area contributed by atoms with E-state index < -0.39 is 11.6 Å². The van der Waals surface area contributed by atoms with Crippen LogP contribution in [0, 0.1) is 17.7 Å². The van der Waals surface area contributed by atoms with E-state index in [9.17, 15) is 8.78 Å². The van der Waals surface area contributed by atoms with Crippen molar-refractivity contribution in [2.75, 3.05) is 0 Å². The second kappa shape index (κ2) is 3.58. The Bertz CT molecular complexity index is 415. The summed E-state index contributed by atoms with van der Waals surface area (Å²) in [5, 5.41) is 0. The number of hydrogen-bond acceptors (Lipinski definition) is 0. The average molecular weight is 189 g/mol. The minimum Gasteiger partial charge on any atom is -0.206 e. The molecular formula is C12H7F2. The van der Waals surface area contributed by atoms with Crippen molar-refractivity contribution in [2.45, 2.75) is 0 Å². The van der Waals surface area contributed by atoms with Gasteiger partial charge in [0, 0.05) is 0 Å². The zero-order valence-corrected chi connectivity index (χ0v) is 7.30. The first-order chi connectivity index (χ1) is 6.79. The Morgan fingerprint density at radius 1 is 0.857 bits per heavy atom. The highest BCUT2D eigenvalue weighted by Gasteiger charge is 2.09. The van der Waals surface area contributed by atoms with Gasteiger partial charge in [-0.1, -0.05) is 30.3 Å². The average Bonchev–Trinajstić information content (AvgIpc) is 2.19. The molecule has 69 valence electrons. The molecule has 0 atom stereocenters. The van der Waals surface area contributed by atoms with Gasteiger partial charge >= 0.3 is 0 Å². The summed E-state index contributed by atoms with van der Waals surface area (Å²) in [7, 11) is 0. The van der Waals surface area contributed by atoms with Gasteiger partial charge in [0.25, 0.3) is 0 Å². The van der Waals surface area contributed by atoms with Crippen LogP contribution in [0.1, 0.15) is 0 Å². The maximum absolute atomic E-state index is 13.3. The molecule has 0 aliphatic heterocycles. The third-order valence-electron chi connectivity index (χ3n) is 1.94. The summed E-state index contributed by atoms with van der Waals surface area (Å²) in [6.07, 6.45) is 0. The fourth-order valence-corrected chi connectivity index (χ4v) is 1.30. The SMILES string of the molecule is Fc1cccc(F)c1-c1[c]cccc1. The molecule has 0 nitrogen and oxygen atoms in total. The van der Waals surface area contributed by atoms with Crippen LogP contribution in [0.3, 0.4) is 0 Å². The summed E-state index contributed by atoms with van der Waals surface area (Å²) in [6.45, 7) is 0. The molecule has 0 fully saturated rings. The fourth-order valence-electron chi connectivity index (χ4n) is 1.30. The monoisotopic (exact) mass is 189 g/mol. The van der Waals surface area contributed by atoms with Gasteiger partial charge in [0.2, 0.25) is 0 Å². The molecule has 0 unspecified atom stereocenters. The van der Waals surface area contributed by atoms with Crippen molar-refractivity contribution < 1.29 is 8.78 Å². The smallest absolute Gasteiger partial charge is 0.133 e. The molecule has 0 aromatic heterocycles. The van der Waals surface area contributed by atoms with Gasteiger partial charge in [0.1, 0.15) is 11.6 Å². The van der Waals surface area contributed by atoms with Crippen molar-refractivity contribution in [3.63, 3.8) is 0 Å². The molecule has 1 radical (unpaired) electrons. The molecule has 14 heavy (non-hydrogen) atoms. The van der Waals surface area contributed by atoms with E-state index in [1.165, 1.54) is 18.2 Å². The predicted octanol–water partition coefficient (Wildman–Crippen LogP) is 3.43. The molecular weight excluding hydrogens is 182 g/mol. The Morgan fingerprint density at radius 2 is 1.57 bits per heavy atom. The lowest BCUT2D eigenvalue weighted by Crippen LogP contribution is -1.88. The van der Waals surface area contributed by atoms with Crippen molar-refractivity contribution in [1.82, 2.24) is 0 Å². The maximum Gasteiger partial charge on any atom is 0.133 e. The molecule has 0 spiro atoms. The summed E-state index contributed by atoms with van der Waals surface area (Å²) in [5.74, 6) is -1.13. The summed E-state index contributed by atoms with van der Waals surface area (Å²) < 4.78 is 26.6. The second-order valence-corrected chi connectivity index (χ2v) is 2.87. The lowest BCUT2D eigenvalue weighted by atomic mass is 10.0. The summed E-state index contributed by atoms with van der Waals surface area (Å²) in [5.41, 5.74) is 0.413. The van der Waals surface area contributed by atoms with E-state index in [4.69, 9.17) is 0 Å². The molecule has 0 saturated heterocycles. The highest BCUT2D eigenvalue weighted by atomic mass is 19.1. The summed E-state index contributed by atoms with van der Waals surface area (Å²) in [4.78, 5) is 0. The molecule has 0 N–H and O–H groups in total. The lowest BCUT2D eigenvalue weighted by Gasteiger charge is -2.03. The first-order valence-corrected chi connectivity index (χ1v) is 4.20. The molecule has 2 heteroatoms. The van der Waals surface area contributed by atoms with E-state index in [2.05, 4.69) is 6.07 Å². The lowest BCUT2D eigenvalue weighted by molar-refractivity contribution is 0.589. The number of rotatable bonds is 1. The Labute approximate surface area is 80.8 Å². The van der Waals surface area contributed by atoms with Gasteiger partial charge in [0.15, 0.2) is 0 Å². The van der Waals surface area contributed by atoms with Crippen molar-refractivity contribution in [2.24, 2.45) is 0 Å². The van der Waals surface area contributed by atoms with Crippen LogP contribution in [0.5, 0.6) is 0 Å². The van der Waals surface area contributed by atoms with Gasteiger partial charge in [-0.05, 0) is 23.8 Å². The molecule has 0 bridgehead atoms. The standard InChI is InChI=1S/C12H7F2/c13-10-7-4-8-11(14)12(10)9-5-2-1-3-6-9/h1-5,7-8H. The Hall–Kier alpha value is -1.70. The number of hydrogen-bond donors (Lipinski definition) is 0. The van der Waals surface area contributed by atoms with E-state index in [1.807, 2.05) is 0 Å². The Morgan fingerprint density at radius 3 is 2.14 bits per heavy atom. The van der Waals surface area contributed by atoms with Crippen LogP contribution in [-0.4, -0.2) is 0 Å². The molecule has 0 amide bonds. The van der Waals surface area contributed by atoms with Crippen LogP contribution in [0.25, 0.3) is 11.1 Å². The van der Waals surface area contributed by atoms with E-state index in [1.54, 1.807) is 24.3 Å². The van der Waals surface area contributed by atoms with Gasteiger partial charge in [-0.3, -0.25) is 0 Å². The third-order valence-corrected chi connectivity index (χ3v) is 1.94. The van der Waals surface area contributed by atoms with E-state index in [0.29, 0.717) is 5.56 Å². The first kappa shape index (κ1) is 8.88. The number of benzene rings is 2. The quantitative estimate of drug-likeness (QED) is 0.644. The molecule has 2 aromatic carbocycles. The zero-order chi connectivity index (χ0) is 9.97. The number of halogens is 2. The molecule has 0 aliphatic rings. The fraction of sp³-hybridized carbons (Fsp3) is 0. The van der Waals surface area contributed by atoms with Crippen LogP contribution < -0.4 is 0 Å². The van der Waals surface area contributed by atoms with Crippen LogP contribution in [0.4, 0.5) is 8.78 Å². The highest BCUT2D eigenvalue weighted by molar-refractivity contribution is 5.63. The normalized spacial score (nSPS) is 10.1. The highest BCUT2D eigenvalue weighted by Crippen LogP contribution is 2.24. The van der Waals surface area contributed by atoms with E-state index in [-0.39, 0.29) is 5.56 Å². The largest absolute Gasteiger partial charge is 0.206 e. The summed E-state index contributed by atoms with van der Waals surface area (Å²) in [6, 6.07) is 13.3. The van der Waals surface area contributed by atoms with Crippen molar-refractivity contribution >= 4 is 0 Å². The molecule has 2 aromatic rings. The minimum atomic E-state index is -0.563. The summed E-state index contributed by atoms with van der Waals surface area (Å²) >= 11 is 0. The van der Waals surface area contributed by atoms with Crippen molar-refractivity contribution in [3.05, 3.63) is 60.2 Å². The molecule has 2 rings (SSSR count). The second-order valence-electron chi connectivity index (χ2n) is 2.87. The van der Waals surface area contributed by atoms with Crippen molar-refractivity contribution in [1.29, 1.82) is 0 Å². The molecule has 0 heterocycles. The van der Waals surface area contributed by atoms with Gasteiger partial charge in [-0.15, -0.1) is 0 Å². The third kappa shape index (κ3) is 1.51. The van der Waals surface area contributed by atoms with Crippen LogP contribution in [0.2, 0.25) is 0 Å². The van der Waals surface area contributed by atoms with E-state index >= 15 is 0 Å². The molecule has 0 aliphatic carbocycles. The van der Waals surface area contributed by atoms with Gasteiger partial charge in [-0.2, -0.15) is 0 Å². The van der Waals surface area contributed by atoms with Crippen LogP contribution in [-0.2, 0) is 0 Å². The van der Waals surface area contributed by atoms with E-state index in [0.717, 1.165) is 0 Å². The Kier molecular flexibility index (Phi) is 2.27. The van der Waals surface area contributed by atoms with Gasteiger partial charge < -0.3 is 0 Å². The molecule has 0 saturated carbocycles. The van der Waals surface area contributed by atoms with Gasteiger partial charge in [-0.25, -0.2) is 8.78 Å². The minimum absolute atomic E-state index is 0.0203.